The van der Waals surface area contributed by atoms with Gasteiger partial charge in [-0.1, -0.05) is 20.3 Å². The Morgan fingerprint density at radius 2 is 2.33 bits per heavy atom. The fraction of sp³-hybridized carbons (Fsp3) is 0.786. The zero-order chi connectivity index (χ0) is 13.1. The van der Waals surface area contributed by atoms with Crippen molar-refractivity contribution in [2.75, 3.05) is 6.54 Å². The van der Waals surface area contributed by atoms with Crippen LogP contribution in [-0.2, 0) is 6.42 Å². The quantitative estimate of drug-likeness (QED) is 0.863. The predicted octanol–water partition coefficient (Wildman–Crippen LogP) is 2.83. The molecule has 0 aromatic carbocycles. The van der Waals surface area contributed by atoms with Gasteiger partial charge in [-0.15, -0.1) is 11.3 Å². The number of thiazole rings is 1. The minimum atomic E-state index is -0.241. The van der Waals surface area contributed by atoms with Crippen molar-refractivity contribution in [3.8, 4) is 0 Å². The highest BCUT2D eigenvalue weighted by Crippen LogP contribution is 2.33. The van der Waals surface area contributed by atoms with E-state index in [2.05, 4.69) is 31.1 Å². The highest BCUT2D eigenvalue weighted by atomic mass is 32.1. The van der Waals surface area contributed by atoms with Crippen molar-refractivity contribution >= 4 is 11.3 Å². The van der Waals surface area contributed by atoms with E-state index in [0.29, 0.717) is 18.5 Å². The predicted molar refractivity (Wildman–Crippen MR) is 76.0 cm³/mol. The van der Waals surface area contributed by atoms with Gasteiger partial charge in [0.1, 0.15) is 0 Å². The molecular weight excluding hydrogens is 244 g/mol. The van der Waals surface area contributed by atoms with Gasteiger partial charge >= 0.3 is 0 Å². The number of nitrogens with one attached hydrogen (secondary N) is 1. The van der Waals surface area contributed by atoms with Gasteiger partial charge in [-0.3, -0.25) is 0 Å². The largest absolute Gasteiger partial charge is 0.392 e. The van der Waals surface area contributed by atoms with Gasteiger partial charge in [0.2, 0.25) is 0 Å². The van der Waals surface area contributed by atoms with Crippen LogP contribution in [0.4, 0.5) is 0 Å². The molecule has 4 heteroatoms. The zero-order valence-electron chi connectivity index (χ0n) is 11.6. The Balaban J connectivity index is 1.95. The summed E-state index contributed by atoms with van der Waals surface area (Å²) in [4.78, 5) is 5.99. The summed E-state index contributed by atoms with van der Waals surface area (Å²) in [5.74, 6) is 0.365. The molecule has 1 heterocycles. The first kappa shape index (κ1) is 14.0. The maximum Gasteiger partial charge on any atom is 0.0900 e. The Kier molecular flexibility index (Phi) is 4.76. The lowest BCUT2D eigenvalue weighted by atomic mass is 9.97. The van der Waals surface area contributed by atoms with Gasteiger partial charge in [-0.25, -0.2) is 4.98 Å². The van der Waals surface area contributed by atoms with Gasteiger partial charge < -0.3 is 10.4 Å². The van der Waals surface area contributed by atoms with Gasteiger partial charge in [0.05, 0.1) is 16.8 Å². The molecule has 0 spiro atoms. The summed E-state index contributed by atoms with van der Waals surface area (Å²) in [6.45, 7) is 7.00. The van der Waals surface area contributed by atoms with Crippen LogP contribution in [0.25, 0.3) is 0 Å². The number of fused-ring (bicyclic) bond motifs is 1. The molecule has 2 N–H and O–H groups in total. The van der Waals surface area contributed by atoms with Crippen LogP contribution < -0.4 is 5.32 Å². The van der Waals surface area contributed by atoms with Crippen LogP contribution in [0.5, 0.6) is 0 Å². The van der Waals surface area contributed by atoms with Crippen molar-refractivity contribution in [1.29, 1.82) is 0 Å². The Labute approximate surface area is 114 Å². The second kappa shape index (κ2) is 6.13. The maximum absolute atomic E-state index is 10.0. The number of aliphatic hydroxyl groups excluding tert-OH is 1. The highest BCUT2D eigenvalue weighted by Gasteiger charge is 2.24. The summed E-state index contributed by atoms with van der Waals surface area (Å²) < 4.78 is 0. The van der Waals surface area contributed by atoms with Crippen LogP contribution in [0.3, 0.4) is 0 Å². The van der Waals surface area contributed by atoms with E-state index < -0.39 is 0 Å². The molecule has 0 radical (unpaired) electrons. The maximum atomic E-state index is 10.0. The van der Waals surface area contributed by atoms with E-state index in [9.17, 15) is 5.11 Å². The molecule has 0 aliphatic heterocycles. The Bertz CT molecular complexity index is 391. The monoisotopic (exact) mass is 268 g/mol. The third-order valence-electron chi connectivity index (χ3n) is 3.93. The van der Waals surface area contributed by atoms with Crippen molar-refractivity contribution in [3.05, 3.63) is 15.6 Å². The normalized spacial score (nSPS) is 22.6. The van der Waals surface area contributed by atoms with Crippen LogP contribution in [0.1, 0.15) is 54.7 Å². The minimum absolute atomic E-state index is 0.241. The number of aromatic nitrogens is 1. The Morgan fingerprint density at radius 1 is 1.56 bits per heavy atom. The summed E-state index contributed by atoms with van der Waals surface area (Å²) in [5.41, 5.74) is 1.28. The van der Waals surface area contributed by atoms with Crippen LogP contribution in [-0.4, -0.2) is 22.7 Å². The molecule has 0 bridgehead atoms. The summed E-state index contributed by atoms with van der Waals surface area (Å²) >= 11 is 1.81. The highest BCUT2D eigenvalue weighted by molar-refractivity contribution is 7.11. The average molecular weight is 268 g/mol. The van der Waals surface area contributed by atoms with Crippen molar-refractivity contribution in [1.82, 2.24) is 10.3 Å². The number of hydrogen-bond acceptors (Lipinski definition) is 4. The van der Waals surface area contributed by atoms with Gasteiger partial charge in [-0.05, 0) is 32.1 Å². The molecule has 3 unspecified atom stereocenters. The molecule has 102 valence electrons. The van der Waals surface area contributed by atoms with Crippen molar-refractivity contribution in [2.45, 2.75) is 58.6 Å². The van der Waals surface area contributed by atoms with Gasteiger partial charge in [-0.2, -0.15) is 0 Å². The Morgan fingerprint density at radius 3 is 3.06 bits per heavy atom. The lowest BCUT2D eigenvalue weighted by Gasteiger charge is -2.25. The summed E-state index contributed by atoms with van der Waals surface area (Å²) in [7, 11) is 0. The fourth-order valence-corrected chi connectivity index (χ4v) is 3.56. The van der Waals surface area contributed by atoms with Crippen molar-refractivity contribution < 1.29 is 5.11 Å². The average Bonchev–Trinajstić information content (AvgIpc) is 2.75. The van der Waals surface area contributed by atoms with Gasteiger partial charge in [0.15, 0.2) is 0 Å². The third-order valence-corrected chi connectivity index (χ3v) is 5.06. The van der Waals surface area contributed by atoms with E-state index in [-0.39, 0.29) is 6.10 Å². The van der Waals surface area contributed by atoms with E-state index in [1.165, 1.54) is 23.4 Å². The minimum Gasteiger partial charge on any atom is -0.392 e. The first-order valence-electron chi connectivity index (χ1n) is 6.99. The summed E-state index contributed by atoms with van der Waals surface area (Å²) in [5, 5.41) is 14.7. The van der Waals surface area contributed by atoms with Gasteiger partial charge in [0.25, 0.3) is 0 Å². The first-order chi connectivity index (χ1) is 8.61. The van der Waals surface area contributed by atoms with Gasteiger partial charge in [0, 0.05) is 17.5 Å². The van der Waals surface area contributed by atoms with E-state index in [1.54, 1.807) is 0 Å². The zero-order valence-corrected chi connectivity index (χ0v) is 12.4. The topological polar surface area (TPSA) is 45.1 Å². The number of rotatable bonds is 5. The molecule has 1 aliphatic carbocycles. The molecule has 1 aromatic rings. The summed E-state index contributed by atoms with van der Waals surface area (Å²) in [6, 6.07) is 0.402. The molecule has 0 amide bonds. The van der Waals surface area contributed by atoms with Crippen LogP contribution in [0, 0.1) is 12.8 Å². The number of aliphatic hydroxyl groups is 1. The van der Waals surface area contributed by atoms with Crippen LogP contribution in [0.15, 0.2) is 0 Å². The molecule has 18 heavy (non-hydrogen) atoms. The molecule has 1 aliphatic rings. The van der Waals surface area contributed by atoms with Crippen LogP contribution >= 0.6 is 11.3 Å². The molecular formula is C14H24N2OS. The second-order valence-corrected chi connectivity index (χ2v) is 6.58. The third kappa shape index (κ3) is 3.11. The first-order valence-corrected chi connectivity index (χ1v) is 7.81. The molecule has 1 aromatic heterocycles. The molecule has 0 saturated carbocycles. The van der Waals surface area contributed by atoms with E-state index in [4.69, 9.17) is 0 Å². The molecule has 2 rings (SSSR count). The van der Waals surface area contributed by atoms with E-state index >= 15 is 0 Å². The Hall–Kier alpha value is -0.450. The second-order valence-electron chi connectivity index (χ2n) is 5.35. The van der Waals surface area contributed by atoms with E-state index in [1.807, 2.05) is 11.3 Å². The number of nitrogens with zero attached hydrogens (tertiary/aromatic N) is 1. The molecule has 3 nitrogen and oxygen atoms in total. The fourth-order valence-electron chi connectivity index (χ4n) is 2.47. The molecule has 0 saturated heterocycles. The lowest BCUT2D eigenvalue weighted by molar-refractivity contribution is 0.109. The number of aryl methyl sites for hydroxylation is 2. The SMILES string of the molecule is CCC(C)C(O)CNC1CCCc2nc(C)sc21. The molecule has 0 fully saturated rings. The van der Waals surface area contributed by atoms with E-state index in [0.717, 1.165) is 17.8 Å². The number of hydrogen-bond donors (Lipinski definition) is 2. The van der Waals surface area contributed by atoms with Crippen molar-refractivity contribution in [2.24, 2.45) is 5.92 Å². The van der Waals surface area contributed by atoms with Crippen LogP contribution in [0.2, 0.25) is 0 Å². The lowest BCUT2D eigenvalue weighted by Crippen LogP contribution is -2.34. The van der Waals surface area contributed by atoms with Crippen molar-refractivity contribution in [3.63, 3.8) is 0 Å². The molecule has 3 atom stereocenters. The summed E-state index contributed by atoms with van der Waals surface area (Å²) in [6.07, 6.45) is 4.27. The smallest absolute Gasteiger partial charge is 0.0900 e. The standard InChI is InChI=1S/C14H24N2OS/c1-4-9(2)13(17)8-15-11-6-5-7-12-14(11)18-10(3)16-12/h9,11,13,15,17H,4-8H2,1-3H3.